The van der Waals surface area contributed by atoms with Crippen LogP contribution < -0.4 is 5.32 Å². The van der Waals surface area contributed by atoms with Crippen LogP contribution >= 0.6 is 0 Å². The second-order valence-electron chi connectivity index (χ2n) is 4.80. The van der Waals surface area contributed by atoms with Crippen LogP contribution in [0.3, 0.4) is 0 Å². The predicted octanol–water partition coefficient (Wildman–Crippen LogP) is 3.31. The van der Waals surface area contributed by atoms with Gasteiger partial charge in [-0.05, 0) is 38.3 Å². The first-order valence-electron chi connectivity index (χ1n) is 6.02. The highest BCUT2D eigenvalue weighted by atomic mass is 14.9. The molecule has 0 aliphatic heterocycles. The molecule has 15 heavy (non-hydrogen) atoms. The van der Waals surface area contributed by atoms with Crippen molar-refractivity contribution in [3.8, 4) is 0 Å². The molecule has 1 nitrogen and oxygen atoms in total. The molecule has 1 unspecified atom stereocenters. The van der Waals surface area contributed by atoms with Crippen molar-refractivity contribution < 1.29 is 0 Å². The average molecular weight is 203 g/mol. The maximum absolute atomic E-state index is 3.54. The molecule has 1 aliphatic rings. The average Bonchev–Trinajstić information content (AvgIpc) is 2.83. The minimum absolute atomic E-state index is 0.164. The Balaban J connectivity index is 2.28. The van der Waals surface area contributed by atoms with Crippen molar-refractivity contribution in [2.24, 2.45) is 5.92 Å². The Morgan fingerprint density at radius 1 is 1.13 bits per heavy atom. The number of nitrogens with one attached hydrogen (secondary N) is 1. The Morgan fingerprint density at radius 2 is 1.73 bits per heavy atom. The van der Waals surface area contributed by atoms with Gasteiger partial charge in [0.1, 0.15) is 0 Å². The lowest BCUT2D eigenvalue weighted by atomic mass is 9.78. The van der Waals surface area contributed by atoms with Gasteiger partial charge in [-0.3, -0.25) is 0 Å². The SMILES string of the molecule is CNC(C)(c1ccccc1)C1CCCC1. The molecule has 2 rings (SSSR count). The molecule has 0 radical (unpaired) electrons. The molecule has 1 aliphatic carbocycles. The Kier molecular flexibility index (Phi) is 3.11. The highest BCUT2D eigenvalue weighted by Gasteiger charge is 2.35. The fourth-order valence-corrected chi connectivity index (χ4v) is 2.87. The third-order valence-corrected chi connectivity index (χ3v) is 4.06. The maximum Gasteiger partial charge on any atom is 0.0432 e. The number of rotatable bonds is 3. The molecule has 1 heteroatoms. The van der Waals surface area contributed by atoms with E-state index in [1.165, 1.54) is 31.2 Å². The van der Waals surface area contributed by atoms with Crippen LogP contribution in [0.1, 0.15) is 38.2 Å². The van der Waals surface area contributed by atoms with Gasteiger partial charge in [-0.2, -0.15) is 0 Å². The summed E-state index contributed by atoms with van der Waals surface area (Å²) in [6.07, 6.45) is 5.53. The quantitative estimate of drug-likeness (QED) is 0.794. The molecule has 0 amide bonds. The normalized spacial score (nSPS) is 21.5. The first-order valence-corrected chi connectivity index (χ1v) is 6.02. The molecule has 0 aromatic heterocycles. The van der Waals surface area contributed by atoms with E-state index >= 15 is 0 Å². The van der Waals surface area contributed by atoms with E-state index in [1.807, 2.05) is 0 Å². The van der Waals surface area contributed by atoms with E-state index < -0.39 is 0 Å². The van der Waals surface area contributed by atoms with Crippen LogP contribution in [0.2, 0.25) is 0 Å². The van der Waals surface area contributed by atoms with Crippen molar-refractivity contribution in [1.29, 1.82) is 0 Å². The van der Waals surface area contributed by atoms with Gasteiger partial charge in [0, 0.05) is 5.54 Å². The lowest BCUT2D eigenvalue weighted by Crippen LogP contribution is -2.42. The molecule has 1 saturated carbocycles. The molecule has 1 aromatic rings. The van der Waals surface area contributed by atoms with Gasteiger partial charge < -0.3 is 5.32 Å². The van der Waals surface area contributed by atoms with Crippen LogP contribution in [0.4, 0.5) is 0 Å². The molecule has 1 atom stereocenters. The van der Waals surface area contributed by atoms with Gasteiger partial charge in [0.25, 0.3) is 0 Å². The number of benzene rings is 1. The smallest absolute Gasteiger partial charge is 0.0432 e. The summed E-state index contributed by atoms with van der Waals surface area (Å²) in [5.41, 5.74) is 1.59. The fourth-order valence-electron chi connectivity index (χ4n) is 2.87. The second-order valence-corrected chi connectivity index (χ2v) is 4.80. The van der Waals surface area contributed by atoms with Crippen LogP contribution in [0, 0.1) is 5.92 Å². The molecule has 0 bridgehead atoms. The summed E-state index contributed by atoms with van der Waals surface area (Å²) in [5, 5.41) is 3.54. The molecule has 82 valence electrons. The standard InChI is InChI=1S/C14H21N/c1-14(15-2,13-10-6-7-11-13)12-8-4-3-5-9-12/h3-5,8-9,13,15H,6-7,10-11H2,1-2H3. The van der Waals surface area contributed by atoms with Gasteiger partial charge in [-0.25, -0.2) is 0 Å². The second kappa shape index (κ2) is 4.36. The Hall–Kier alpha value is -0.820. The Morgan fingerprint density at radius 3 is 2.27 bits per heavy atom. The molecule has 1 aromatic carbocycles. The van der Waals surface area contributed by atoms with Crippen LogP contribution in [0.15, 0.2) is 30.3 Å². The lowest BCUT2D eigenvalue weighted by Gasteiger charge is -2.36. The molecular formula is C14H21N. The molecule has 0 saturated heterocycles. The zero-order chi connectivity index (χ0) is 10.7. The van der Waals surface area contributed by atoms with E-state index in [0.29, 0.717) is 0 Å². The minimum Gasteiger partial charge on any atom is -0.310 e. The molecule has 1 N–H and O–H groups in total. The summed E-state index contributed by atoms with van der Waals surface area (Å²) in [6.45, 7) is 2.35. The monoisotopic (exact) mass is 203 g/mol. The van der Waals surface area contributed by atoms with Crippen molar-refractivity contribution in [2.75, 3.05) is 7.05 Å². The molecule has 1 fully saturated rings. The summed E-state index contributed by atoms with van der Waals surface area (Å²) < 4.78 is 0. The van der Waals surface area contributed by atoms with Gasteiger partial charge in [0.2, 0.25) is 0 Å². The van der Waals surface area contributed by atoms with Gasteiger partial charge in [-0.15, -0.1) is 0 Å². The van der Waals surface area contributed by atoms with E-state index in [1.54, 1.807) is 0 Å². The molecular weight excluding hydrogens is 182 g/mol. The zero-order valence-corrected chi connectivity index (χ0v) is 9.79. The van der Waals surface area contributed by atoms with Crippen molar-refractivity contribution in [3.63, 3.8) is 0 Å². The third-order valence-electron chi connectivity index (χ3n) is 4.06. The summed E-state index contributed by atoms with van der Waals surface area (Å²) >= 11 is 0. The topological polar surface area (TPSA) is 12.0 Å². The van der Waals surface area contributed by atoms with Gasteiger partial charge in [0.05, 0.1) is 0 Å². The van der Waals surface area contributed by atoms with Gasteiger partial charge in [0.15, 0.2) is 0 Å². The molecule has 0 heterocycles. The van der Waals surface area contributed by atoms with Crippen molar-refractivity contribution in [2.45, 2.75) is 38.1 Å². The van der Waals surface area contributed by atoms with Crippen molar-refractivity contribution in [3.05, 3.63) is 35.9 Å². The van der Waals surface area contributed by atoms with E-state index in [2.05, 4.69) is 49.6 Å². The minimum atomic E-state index is 0.164. The van der Waals surface area contributed by atoms with Crippen molar-refractivity contribution in [1.82, 2.24) is 5.32 Å². The largest absolute Gasteiger partial charge is 0.310 e. The summed E-state index contributed by atoms with van der Waals surface area (Å²) in [6, 6.07) is 10.9. The third kappa shape index (κ3) is 1.93. The maximum atomic E-state index is 3.54. The number of hydrogen-bond acceptors (Lipinski definition) is 1. The number of hydrogen-bond donors (Lipinski definition) is 1. The van der Waals surface area contributed by atoms with Crippen LogP contribution in [-0.4, -0.2) is 7.05 Å². The highest BCUT2D eigenvalue weighted by Crippen LogP contribution is 2.39. The van der Waals surface area contributed by atoms with Crippen LogP contribution in [0.25, 0.3) is 0 Å². The first kappa shape index (κ1) is 10.7. The predicted molar refractivity (Wildman–Crippen MR) is 64.8 cm³/mol. The highest BCUT2D eigenvalue weighted by molar-refractivity contribution is 5.24. The zero-order valence-electron chi connectivity index (χ0n) is 9.79. The Bertz CT molecular complexity index is 300. The van der Waals surface area contributed by atoms with Crippen LogP contribution in [-0.2, 0) is 5.54 Å². The Labute approximate surface area is 92.9 Å². The lowest BCUT2D eigenvalue weighted by molar-refractivity contribution is 0.252. The summed E-state index contributed by atoms with van der Waals surface area (Å²) in [5.74, 6) is 0.796. The van der Waals surface area contributed by atoms with Gasteiger partial charge >= 0.3 is 0 Å². The molecule has 0 spiro atoms. The van der Waals surface area contributed by atoms with E-state index in [-0.39, 0.29) is 5.54 Å². The summed E-state index contributed by atoms with van der Waals surface area (Å²) in [7, 11) is 2.09. The van der Waals surface area contributed by atoms with E-state index in [0.717, 1.165) is 5.92 Å². The van der Waals surface area contributed by atoms with Crippen LogP contribution in [0.5, 0.6) is 0 Å². The van der Waals surface area contributed by atoms with Gasteiger partial charge in [-0.1, -0.05) is 43.2 Å². The van der Waals surface area contributed by atoms with E-state index in [4.69, 9.17) is 0 Å². The fraction of sp³-hybridized carbons (Fsp3) is 0.571. The summed E-state index contributed by atoms with van der Waals surface area (Å²) in [4.78, 5) is 0. The van der Waals surface area contributed by atoms with E-state index in [9.17, 15) is 0 Å². The van der Waals surface area contributed by atoms with Crippen molar-refractivity contribution >= 4 is 0 Å². The first-order chi connectivity index (χ1) is 7.27.